The van der Waals surface area contributed by atoms with Gasteiger partial charge >= 0.3 is 21.1 Å². The molecule has 4 N–H and O–H groups in total. The lowest BCUT2D eigenvalue weighted by molar-refractivity contribution is -0.0323. The maximum atomic E-state index is 12.7. The molecule has 0 aliphatic heterocycles. The van der Waals surface area contributed by atoms with Gasteiger partial charge in [0.1, 0.15) is 12.2 Å². The molecule has 2 rings (SSSR count). The molecule has 1 aromatic heterocycles. The molecule has 0 saturated heterocycles. The Morgan fingerprint density at radius 2 is 1.67 bits per heavy atom. The molecule has 0 aromatic carbocycles. The largest absolute Gasteiger partial charge is 0.472 e. The van der Waals surface area contributed by atoms with E-state index in [0.717, 1.165) is 6.07 Å². The summed E-state index contributed by atoms with van der Waals surface area (Å²) in [5, 5.41) is 17.7. The molecule has 0 bridgehead atoms. The zero-order chi connectivity index (χ0) is 26.8. The molecule has 14 nitrogen and oxygen atoms in total. The summed E-state index contributed by atoms with van der Waals surface area (Å²) < 4.78 is 53.4. The average Bonchev–Trinajstić information content (AvgIpc) is 3.14. The predicted molar refractivity (Wildman–Crippen MR) is 128 cm³/mol. The smallest absolute Gasteiger partial charge is 0.396 e. The monoisotopic (exact) mass is 558 g/mol. The van der Waals surface area contributed by atoms with Gasteiger partial charge < -0.3 is 28.9 Å². The van der Waals surface area contributed by atoms with Gasteiger partial charge in [0, 0.05) is 45.2 Å². The second-order valence-electron chi connectivity index (χ2n) is 8.41. The Morgan fingerprint density at radius 1 is 1.03 bits per heavy atom. The number of hydrogen-bond donors (Lipinski definition) is 4. The summed E-state index contributed by atoms with van der Waals surface area (Å²) >= 11 is 0. The van der Waals surface area contributed by atoms with Gasteiger partial charge in [-0.05, 0) is 32.1 Å². The minimum Gasteiger partial charge on any atom is -0.396 e. The van der Waals surface area contributed by atoms with E-state index >= 15 is 0 Å². The molecule has 3 unspecified atom stereocenters. The molecule has 208 valence electrons. The first-order chi connectivity index (χ1) is 17.0. The first-order valence-corrected chi connectivity index (χ1v) is 15.1. The molecule has 1 fully saturated rings. The van der Waals surface area contributed by atoms with E-state index < -0.39 is 50.8 Å². The molecule has 16 heteroatoms. The van der Waals surface area contributed by atoms with E-state index in [4.69, 9.17) is 33.0 Å². The fraction of sp³-hybridized carbons (Fsp3) is 0.800. The lowest BCUT2D eigenvalue weighted by Gasteiger charge is -2.28. The van der Waals surface area contributed by atoms with Crippen molar-refractivity contribution < 1.29 is 47.1 Å². The number of phosphoric acid groups is 1. The van der Waals surface area contributed by atoms with Crippen LogP contribution in [0.5, 0.6) is 0 Å². The van der Waals surface area contributed by atoms with Gasteiger partial charge in [-0.25, -0.2) is 9.36 Å². The molecule has 1 heterocycles. The van der Waals surface area contributed by atoms with Gasteiger partial charge in [-0.2, -0.15) is 0 Å². The maximum absolute atomic E-state index is 12.7. The van der Waals surface area contributed by atoms with Crippen LogP contribution in [-0.4, -0.2) is 83.7 Å². The molecule has 1 aliphatic carbocycles. The first-order valence-electron chi connectivity index (χ1n) is 11.6. The van der Waals surface area contributed by atoms with E-state index in [9.17, 15) is 23.6 Å². The molecule has 0 spiro atoms. The summed E-state index contributed by atoms with van der Waals surface area (Å²) in [7, 11) is -6.75. The van der Waals surface area contributed by atoms with Gasteiger partial charge in [0.05, 0.1) is 25.9 Å². The number of hydrogen-bond acceptors (Lipinski definition) is 11. The number of unbranched alkanes of at least 4 members (excludes halogenated alkanes) is 2. The molecule has 36 heavy (non-hydrogen) atoms. The third-order valence-corrected chi connectivity index (χ3v) is 7.94. The fourth-order valence-electron chi connectivity index (χ4n) is 3.92. The lowest BCUT2D eigenvalue weighted by atomic mass is 10.1. The molecule has 0 amide bonds. The van der Waals surface area contributed by atoms with Crippen molar-refractivity contribution in [2.45, 2.75) is 50.4 Å². The number of rotatable bonds is 17. The van der Waals surface area contributed by atoms with Crippen LogP contribution in [0.2, 0.25) is 0 Å². The highest BCUT2D eigenvalue weighted by molar-refractivity contribution is 7.52. The molecule has 0 radical (unpaired) electrons. The highest BCUT2D eigenvalue weighted by Crippen LogP contribution is 2.52. The van der Waals surface area contributed by atoms with Gasteiger partial charge in [-0.3, -0.25) is 28.0 Å². The Balaban J connectivity index is 2.22. The van der Waals surface area contributed by atoms with Crippen molar-refractivity contribution >= 4 is 15.4 Å². The molecule has 1 saturated carbocycles. The van der Waals surface area contributed by atoms with E-state index in [1.54, 1.807) is 0 Å². The van der Waals surface area contributed by atoms with Crippen LogP contribution in [0, 0.1) is 5.92 Å². The van der Waals surface area contributed by atoms with Crippen molar-refractivity contribution in [2.75, 3.05) is 46.8 Å². The van der Waals surface area contributed by atoms with Crippen LogP contribution in [0.3, 0.4) is 0 Å². The Bertz CT molecular complexity index is 1010. The van der Waals surface area contributed by atoms with Gasteiger partial charge in [0.2, 0.25) is 0 Å². The summed E-state index contributed by atoms with van der Waals surface area (Å²) in [4.78, 5) is 36.4. The number of methoxy groups -OCH3 is 1. The summed E-state index contributed by atoms with van der Waals surface area (Å²) in [6.45, 7) is 0.944. The van der Waals surface area contributed by atoms with E-state index in [1.165, 1.54) is 24.5 Å². The summed E-state index contributed by atoms with van der Waals surface area (Å²) in [6, 6.07) is 0.448. The average molecular weight is 558 g/mol. The Kier molecular flexibility index (Phi) is 12.7. The highest BCUT2D eigenvalue weighted by atomic mass is 31.2. The minimum absolute atomic E-state index is 0.0213. The zero-order valence-electron chi connectivity index (χ0n) is 20.4. The second-order valence-corrected chi connectivity index (χ2v) is 11.9. The van der Waals surface area contributed by atoms with Crippen molar-refractivity contribution in [3.05, 3.63) is 33.1 Å². The van der Waals surface area contributed by atoms with Gasteiger partial charge in [0.15, 0.2) is 0 Å². The number of H-pyrrole nitrogens is 1. The SMILES string of the molecule is CO[C@H]1C(OP(=O)(O)OCCCCO)[C@@H](COP(C)(=O)OCCCCO)C[C@H]1n1ccc(=O)[nH]c1=O. The number of aliphatic hydroxyl groups excluding tert-OH is 2. The van der Waals surface area contributed by atoms with Crippen LogP contribution in [0.1, 0.15) is 38.1 Å². The van der Waals surface area contributed by atoms with Crippen LogP contribution < -0.4 is 11.2 Å². The summed E-state index contributed by atoms with van der Waals surface area (Å²) in [6.07, 6.45) is 1.08. The predicted octanol–water partition coefficient (Wildman–Crippen LogP) is 1.02. The van der Waals surface area contributed by atoms with Crippen molar-refractivity contribution in [3.8, 4) is 0 Å². The molecule has 6 atom stereocenters. The third-order valence-electron chi connectivity index (χ3n) is 5.66. The van der Waals surface area contributed by atoms with E-state index in [-0.39, 0.29) is 39.5 Å². The zero-order valence-corrected chi connectivity index (χ0v) is 22.2. The second kappa shape index (κ2) is 14.7. The topological polar surface area (TPSA) is 196 Å². The minimum atomic E-state index is -4.58. The fourth-order valence-corrected chi connectivity index (χ4v) is 5.93. The quantitative estimate of drug-likeness (QED) is 0.157. The molecule has 1 aromatic rings. The maximum Gasteiger partial charge on any atom is 0.472 e. The lowest BCUT2D eigenvalue weighted by Crippen LogP contribution is -2.39. The van der Waals surface area contributed by atoms with E-state index in [1.807, 2.05) is 0 Å². The standard InChI is InChI=1S/C20H36N2O12P2/c1-30-19-16(22-8-7-17(25)21-20(22)26)13-15(14-33-35(2,27)31-11-5-3-9-23)18(19)34-36(28,29)32-12-6-4-10-24/h7-8,15-16,18-19,23-24H,3-6,9-14H2,1-2H3,(H,28,29)(H,21,25,26)/t15-,16-,18?,19-,35?/m1/s1. The van der Waals surface area contributed by atoms with Crippen molar-refractivity contribution in [2.24, 2.45) is 5.92 Å². The first kappa shape index (κ1) is 31.0. The van der Waals surface area contributed by atoms with Crippen molar-refractivity contribution in [1.29, 1.82) is 0 Å². The van der Waals surface area contributed by atoms with E-state index in [2.05, 4.69) is 4.98 Å². The number of ether oxygens (including phenoxy) is 1. The summed E-state index contributed by atoms with van der Waals surface area (Å²) in [5.74, 6) is -0.672. The van der Waals surface area contributed by atoms with Gasteiger partial charge in [0.25, 0.3) is 5.56 Å². The normalized spacial score (nSPS) is 25.5. The number of nitrogens with one attached hydrogen (secondary N) is 1. The van der Waals surface area contributed by atoms with Crippen molar-refractivity contribution in [1.82, 2.24) is 9.55 Å². The van der Waals surface area contributed by atoms with Crippen LogP contribution in [0.15, 0.2) is 21.9 Å². The highest BCUT2D eigenvalue weighted by Gasteiger charge is 2.49. The summed E-state index contributed by atoms with van der Waals surface area (Å²) in [5.41, 5.74) is -1.28. The molecule has 1 aliphatic rings. The third kappa shape index (κ3) is 9.60. The van der Waals surface area contributed by atoms with Crippen LogP contribution >= 0.6 is 15.4 Å². The number of aromatic amines is 1. The number of phosphoric ester groups is 1. The van der Waals surface area contributed by atoms with Crippen LogP contribution in [0.25, 0.3) is 0 Å². The van der Waals surface area contributed by atoms with Crippen LogP contribution in [-0.2, 0) is 32.0 Å². The van der Waals surface area contributed by atoms with Gasteiger partial charge in [-0.1, -0.05) is 0 Å². The van der Waals surface area contributed by atoms with E-state index in [0.29, 0.717) is 25.7 Å². The van der Waals surface area contributed by atoms with Gasteiger partial charge in [-0.15, -0.1) is 0 Å². The molecular weight excluding hydrogens is 522 g/mol. The number of nitrogens with zero attached hydrogens (tertiary/aromatic N) is 1. The number of aromatic nitrogens is 2. The molecular formula is C20H36N2O12P2. The van der Waals surface area contributed by atoms with Crippen molar-refractivity contribution in [3.63, 3.8) is 0 Å². The Hall–Kier alpha value is -1.18. The Morgan fingerprint density at radius 3 is 2.25 bits per heavy atom. The van der Waals surface area contributed by atoms with Crippen LogP contribution in [0.4, 0.5) is 0 Å². The number of aliphatic hydroxyl groups is 2. The Labute approximate surface area is 208 Å².